The first-order valence-corrected chi connectivity index (χ1v) is 12.8. The Labute approximate surface area is 218 Å². The van der Waals surface area contributed by atoms with E-state index in [1.165, 1.54) is 0 Å². The zero-order valence-corrected chi connectivity index (χ0v) is 21.1. The molecule has 37 heavy (non-hydrogen) atoms. The number of aryl methyl sites for hydroxylation is 1. The topological polar surface area (TPSA) is 97.0 Å². The fourth-order valence-corrected chi connectivity index (χ4v) is 4.96. The second-order valence-corrected chi connectivity index (χ2v) is 9.87. The zero-order chi connectivity index (χ0) is 25.6. The van der Waals surface area contributed by atoms with Crippen molar-refractivity contribution >= 4 is 28.1 Å². The molecule has 5 aromatic rings. The van der Waals surface area contributed by atoms with Crippen LogP contribution in [0.3, 0.4) is 0 Å². The van der Waals surface area contributed by atoms with Crippen molar-refractivity contribution < 1.29 is 9.53 Å². The number of nitrogens with one attached hydrogen (secondary N) is 2. The van der Waals surface area contributed by atoms with Crippen LogP contribution < -0.4 is 14.9 Å². The van der Waals surface area contributed by atoms with Gasteiger partial charge in [-0.15, -0.1) is 0 Å². The maximum atomic E-state index is 13.1. The summed E-state index contributed by atoms with van der Waals surface area (Å²) in [6, 6.07) is 26.9. The van der Waals surface area contributed by atoms with Gasteiger partial charge in [0.05, 0.1) is 5.52 Å². The third-order valence-corrected chi connectivity index (χ3v) is 6.77. The van der Waals surface area contributed by atoms with Gasteiger partial charge in [0.25, 0.3) is 5.91 Å². The summed E-state index contributed by atoms with van der Waals surface area (Å²) in [6.07, 6.45) is 1.09. The van der Waals surface area contributed by atoms with Gasteiger partial charge in [0.2, 0.25) is 0 Å². The molecule has 0 fully saturated rings. The van der Waals surface area contributed by atoms with E-state index in [0.717, 1.165) is 39.1 Å². The van der Waals surface area contributed by atoms with Crippen molar-refractivity contribution in [1.82, 2.24) is 20.5 Å². The van der Waals surface area contributed by atoms with Gasteiger partial charge in [-0.3, -0.25) is 14.6 Å². The summed E-state index contributed by atoms with van der Waals surface area (Å²) in [4.78, 5) is 29.0. The molecule has 0 bridgehead atoms. The van der Waals surface area contributed by atoms with Crippen LogP contribution >= 0.6 is 11.3 Å². The number of H-pyrrole nitrogens is 1. The highest BCUT2D eigenvalue weighted by molar-refractivity contribution is 7.08. The molecule has 2 heterocycles. The number of fused-ring (bicyclic) bond motifs is 1. The van der Waals surface area contributed by atoms with Crippen LogP contribution in [0.5, 0.6) is 5.75 Å². The summed E-state index contributed by atoms with van der Waals surface area (Å²) in [7, 11) is 0. The minimum absolute atomic E-state index is 0.189. The van der Waals surface area contributed by atoms with Crippen LogP contribution in [-0.2, 0) is 19.4 Å². The Morgan fingerprint density at radius 1 is 1.00 bits per heavy atom. The number of benzene rings is 3. The minimum atomic E-state index is -0.215. The summed E-state index contributed by atoms with van der Waals surface area (Å²) in [5.41, 5.74) is 4.58. The lowest BCUT2D eigenvalue weighted by Gasteiger charge is -2.18. The number of aromatic amines is 1. The van der Waals surface area contributed by atoms with Gasteiger partial charge in [0.1, 0.15) is 17.4 Å². The summed E-state index contributed by atoms with van der Waals surface area (Å²) >= 11 is 1.06. The van der Waals surface area contributed by atoms with E-state index in [0.29, 0.717) is 35.8 Å². The predicted octanol–water partition coefficient (Wildman–Crippen LogP) is 4.85. The number of ether oxygens (including phenoxy) is 1. The van der Waals surface area contributed by atoms with Crippen LogP contribution in [0.4, 0.5) is 0 Å². The average Bonchev–Trinajstić information content (AvgIpc) is 3.32. The number of pyridine rings is 1. The molecule has 1 amide bonds. The lowest BCUT2D eigenvalue weighted by atomic mass is 10.0. The number of carbonyl (C=O) groups excluding carboxylic acids is 1. The van der Waals surface area contributed by atoms with Crippen LogP contribution in [0.2, 0.25) is 0 Å². The third-order valence-electron chi connectivity index (χ3n) is 6.00. The van der Waals surface area contributed by atoms with E-state index in [-0.39, 0.29) is 16.8 Å². The number of amides is 1. The molecule has 0 radical (unpaired) electrons. The van der Waals surface area contributed by atoms with Crippen molar-refractivity contribution in [3.05, 3.63) is 122 Å². The largest absolute Gasteiger partial charge is 0.489 e. The fraction of sp³-hybridized carbons (Fsp3) is 0.172. The van der Waals surface area contributed by atoms with Crippen LogP contribution in [0.15, 0.2) is 89.7 Å². The van der Waals surface area contributed by atoms with Gasteiger partial charge in [-0.25, -0.2) is 5.10 Å². The second kappa shape index (κ2) is 11.2. The Balaban J connectivity index is 1.25. The van der Waals surface area contributed by atoms with Gasteiger partial charge < -0.3 is 10.1 Å². The molecular formula is C29H26N4O3S. The van der Waals surface area contributed by atoms with E-state index in [1.54, 1.807) is 24.3 Å². The molecule has 0 spiro atoms. The molecule has 2 aromatic heterocycles. The molecule has 2 N–H and O–H groups in total. The number of hydrogen-bond donors (Lipinski definition) is 2. The highest BCUT2D eigenvalue weighted by Gasteiger charge is 2.17. The van der Waals surface area contributed by atoms with Crippen molar-refractivity contribution in [2.24, 2.45) is 0 Å². The van der Waals surface area contributed by atoms with Crippen molar-refractivity contribution in [2.45, 2.75) is 32.4 Å². The monoisotopic (exact) mass is 510 g/mol. The molecule has 186 valence electrons. The van der Waals surface area contributed by atoms with E-state index in [4.69, 9.17) is 4.74 Å². The Morgan fingerprint density at radius 2 is 1.76 bits per heavy atom. The van der Waals surface area contributed by atoms with Crippen LogP contribution in [0, 0.1) is 6.92 Å². The molecule has 0 aliphatic rings. The second-order valence-electron chi connectivity index (χ2n) is 8.82. The van der Waals surface area contributed by atoms with Gasteiger partial charge in [-0.2, -0.15) is 5.10 Å². The Hall–Kier alpha value is -4.30. The molecule has 8 heteroatoms. The molecule has 0 aliphatic heterocycles. The van der Waals surface area contributed by atoms with E-state index >= 15 is 0 Å². The summed E-state index contributed by atoms with van der Waals surface area (Å²) in [5.74, 6) is 0.489. The molecule has 5 rings (SSSR count). The van der Waals surface area contributed by atoms with Crippen molar-refractivity contribution in [2.75, 3.05) is 0 Å². The normalized spacial score (nSPS) is 11.8. The average molecular weight is 511 g/mol. The molecule has 7 nitrogen and oxygen atoms in total. The van der Waals surface area contributed by atoms with Gasteiger partial charge in [-0.1, -0.05) is 59.9 Å². The smallest absolute Gasteiger partial charge is 0.322 e. The van der Waals surface area contributed by atoms with Crippen molar-refractivity contribution in [3.63, 3.8) is 0 Å². The van der Waals surface area contributed by atoms with E-state index in [1.807, 2.05) is 67.6 Å². The number of aromatic nitrogens is 3. The first kappa shape index (κ1) is 24.4. The summed E-state index contributed by atoms with van der Waals surface area (Å²) in [6.45, 7) is 2.38. The van der Waals surface area contributed by atoms with E-state index < -0.39 is 0 Å². The van der Waals surface area contributed by atoms with Crippen LogP contribution in [0.25, 0.3) is 10.9 Å². The Morgan fingerprint density at radius 3 is 2.51 bits per heavy atom. The van der Waals surface area contributed by atoms with Crippen LogP contribution in [-0.4, -0.2) is 27.1 Å². The molecule has 0 aliphatic carbocycles. The maximum absolute atomic E-state index is 13.1. The first-order valence-electron chi connectivity index (χ1n) is 12.0. The van der Waals surface area contributed by atoms with Gasteiger partial charge >= 0.3 is 4.87 Å². The van der Waals surface area contributed by atoms with Crippen molar-refractivity contribution in [3.8, 4) is 5.75 Å². The SMILES string of the molecule is Cc1cc(COc2ccc(C(=O)NC(Cc3ccccc3)Cc3n[nH]c(=O)s3)cc2)c2ccccc2n1. The van der Waals surface area contributed by atoms with E-state index in [2.05, 4.69) is 20.5 Å². The standard InChI is InChI=1S/C29H26N4O3S/c1-19-15-22(25-9-5-6-10-26(25)30-19)18-36-24-13-11-21(12-14-24)28(34)31-23(16-20-7-3-2-4-8-20)17-27-32-33-29(35)37-27/h2-15,23H,16-18H2,1H3,(H,31,34)(H,33,35). The Kier molecular flexibility index (Phi) is 7.37. The Bertz CT molecular complexity index is 1560. The number of hydrogen-bond acceptors (Lipinski definition) is 6. The molecule has 0 saturated heterocycles. The number of carbonyl (C=O) groups is 1. The quantitative estimate of drug-likeness (QED) is 0.295. The highest BCUT2D eigenvalue weighted by Crippen LogP contribution is 2.21. The van der Waals surface area contributed by atoms with Gasteiger partial charge in [0.15, 0.2) is 0 Å². The fourth-order valence-electron chi connectivity index (χ4n) is 4.28. The summed E-state index contributed by atoms with van der Waals surface area (Å²) in [5, 5.41) is 11.3. The molecule has 1 atom stereocenters. The number of nitrogens with zero attached hydrogens (tertiary/aromatic N) is 2. The van der Waals surface area contributed by atoms with Crippen molar-refractivity contribution in [1.29, 1.82) is 0 Å². The number of para-hydroxylation sites is 1. The molecular weight excluding hydrogens is 484 g/mol. The minimum Gasteiger partial charge on any atom is -0.489 e. The highest BCUT2D eigenvalue weighted by atomic mass is 32.1. The van der Waals surface area contributed by atoms with Crippen LogP contribution in [0.1, 0.15) is 32.2 Å². The maximum Gasteiger partial charge on any atom is 0.322 e. The number of rotatable bonds is 9. The van der Waals surface area contributed by atoms with Gasteiger partial charge in [0, 0.05) is 34.7 Å². The van der Waals surface area contributed by atoms with Gasteiger partial charge in [-0.05, 0) is 55.3 Å². The molecule has 1 unspecified atom stereocenters. The molecule has 3 aromatic carbocycles. The lowest BCUT2D eigenvalue weighted by Crippen LogP contribution is -2.38. The zero-order valence-electron chi connectivity index (χ0n) is 20.3. The lowest BCUT2D eigenvalue weighted by molar-refractivity contribution is 0.0936. The third kappa shape index (κ3) is 6.29. The van der Waals surface area contributed by atoms with E-state index in [9.17, 15) is 9.59 Å². The predicted molar refractivity (Wildman–Crippen MR) is 145 cm³/mol. The summed E-state index contributed by atoms with van der Waals surface area (Å²) < 4.78 is 6.03. The first-order chi connectivity index (χ1) is 18.0. The molecule has 0 saturated carbocycles.